The van der Waals surface area contributed by atoms with E-state index in [-0.39, 0.29) is 30.2 Å². The largest absolute Gasteiger partial charge is 0.349 e. The number of benzene rings is 2. The number of carbonyl (C=O) groups is 1. The predicted molar refractivity (Wildman–Crippen MR) is 124 cm³/mol. The molecule has 0 aromatic heterocycles. The Morgan fingerprint density at radius 2 is 1.90 bits per heavy atom. The maximum absolute atomic E-state index is 13.0. The molecule has 0 radical (unpaired) electrons. The van der Waals surface area contributed by atoms with Gasteiger partial charge < -0.3 is 5.32 Å². The average Bonchev–Trinajstić information content (AvgIpc) is 2.76. The topological polar surface area (TPSA) is 66.5 Å². The number of piperidine rings is 1. The summed E-state index contributed by atoms with van der Waals surface area (Å²) in [5, 5.41) is 3.98. The SMILES string of the molecule is O=C(N[C@H]1CCCc2ccccc21)[C@H]1CCCN(S(=O)(=O)Cc2ccc(Cl)cc2Cl)C1. The Kier molecular flexibility index (Phi) is 6.92. The lowest BCUT2D eigenvalue weighted by Gasteiger charge is -2.33. The highest BCUT2D eigenvalue weighted by Gasteiger charge is 2.34. The minimum absolute atomic E-state index is 0.00249. The molecule has 2 aliphatic rings. The number of rotatable bonds is 5. The Morgan fingerprint density at radius 1 is 1.10 bits per heavy atom. The summed E-state index contributed by atoms with van der Waals surface area (Å²) in [6, 6.07) is 13.0. The van der Waals surface area contributed by atoms with Crippen molar-refractivity contribution in [2.24, 2.45) is 5.92 Å². The summed E-state index contributed by atoms with van der Waals surface area (Å²) >= 11 is 12.1. The van der Waals surface area contributed by atoms with Gasteiger partial charge in [-0.3, -0.25) is 4.79 Å². The number of halogens is 2. The molecule has 2 atom stereocenters. The average molecular weight is 481 g/mol. The molecular weight excluding hydrogens is 455 g/mol. The lowest BCUT2D eigenvalue weighted by Crippen LogP contribution is -2.46. The van der Waals surface area contributed by atoms with E-state index in [4.69, 9.17) is 23.2 Å². The zero-order chi connectivity index (χ0) is 22.0. The van der Waals surface area contributed by atoms with Gasteiger partial charge in [0, 0.05) is 23.1 Å². The third kappa shape index (κ3) is 5.25. The van der Waals surface area contributed by atoms with Crippen molar-refractivity contribution in [3.63, 3.8) is 0 Å². The van der Waals surface area contributed by atoms with Crippen LogP contribution in [0.1, 0.15) is 48.4 Å². The highest BCUT2D eigenvalue weighted by Crippen LogP contribution is 2.31. The molecule has 8 heteroatoms. The Bertz CT molecular complexity index is 1070. The smallest absolute Gasteiger partial charge is 0.224 e. The van der Waals surface area contributed by atoms with E-state index >= 15 is 0 Å². The van der Waals surface area contributed by atoms with Crippen molar-refractivity contribution in [1.29, 1.82) is 0 Å². The van der Waals surface area contributed by atoms with E-state index in [0.29, 0.717) is 35.0 Å². The van der Waals surface area contributed by atoms with E-state index in [2.05, 4.69) is 17.4 Å². The van der Waals surface area contributed by atoms with Gasteiger partial charge in [-0.1, -0.05) is 53.5 Å². The normalized spacial score (nSPS) is 22.0. The van der Waals surface area contributed by atoms with E-state index in [9.17, 15) is 13.2 Å². The van der Waals surface area contributed by atoms with Crippen molar-refractivity contribution in [2.45, 2.75) is 43.9 Å². The summed E-state index contributed by atoms with van der Waals surface area (Å²) in [5.74, 6) is -0.614. The first-order chi connectivity index (χ1) is 14.8. The highest BCUT2D eigenvalue weighted by molar-refractivity contribution is 7.88. The number of carbonyl (C=O) groups excluding carboxylic acids is 1. The predicted octanol–water partition coefficient (Wildman–Crippen LogP) is 4.73. The molecule has 166 valence electrons. The second kappa shape index (κ2) is 9.49. The minimum Gasteiger partial charge on any atom is -0.349 e. The van der Waals surface area contributed by atoms with Crippen LogP contribution in [0.5, 0.6) is 0 Å². The maximum atomic E-state index is 13.0. The summed E-state index contributed by atoms with van der Waals surface area (Å²) in [7, 11) is -3.59. The molecule has 1 heterocycles. The fourth-order valence-electron chi connectivity index (χ4n) is 4.53. The molecule has 1 saturated heterocycles. The third-order valence-corrected chi connectivity index (χ3v) is 8.57. The van der Waals surface area contributed by atoms with Crippen molar-refractivity contribution < 1.29 is 13.2 Å². The number of nitrogens with zero attached hydrogens (tertiary/aromatic N) is 1. The van der Waals surface area contributed by atoms with Crippen LogP contribution in [0.4, 0.5) is 0 Å². The van der Waals surface area contributed by atoms with E-state index in [1.54, 1.807) is 18.2 Å². The zero-order valence-corrected chi connectivity index (χ0v) is 19.5. The second-order valence-electron chi connectivity index (χ2n) is 8.34. The Balaban J connectivity index is 1.43. The van der Waals surface area contributed by atoms with Crippen molar-refractivity contribution >= 4 is 39.1 Å². The summed E-state index contributed by atoms with van der Waals surface area (Å²) in [6.45, 7) is 0.622. The fourth-order valence-corrected chi connectivity index (χ4v) is 6.73. The summed E-state index contributed by atoms with van der Waals surface area (Å²) in [6.07, 6.45) is 4.33. The number of nitrogens with one attached hydrogen (secondary N) is 1. The van der Waals surface area contributed by atoms with Gasteiger partial charge in [0.2, 0.25) is 15.9 Å². The molecule has 2 aromatic carbocycles. The van der Waals surface area contributed by atoms with Gasteiger partial charge in [-0.2, -0.15) is 0 Å². The minimum atomic E-state index is -3.59. The van der Waals surface area contributed by atoms with Crippen LogP contribution in [0.2, 0.25) is 10.0 Å². The Hall–Kier alpha value is -1.60. The van der Waals surface area contributed by atoms with E-state index < -0.39 is 10.0 Å². The Morgan fingerprint density at radius 3 is 2.71 bits per heavy atom. The summed E-state index contributed by atoms with van der Waals surface area (Å²) in [4.78, 5) is 13.0. The molecule has 1 aliphatic carbocycles. The number of fused-ring (bicyclic) bond motifs is 1. The molecule has 0 bridgehead atoms. The number of sulfonamides is 1. The highest BCUT2D eigenvalue weighted by atomic mass is 35.5. The van der Waals surface area contributed by atoms with Crippen LogP contribution in [-0.4, -0.2) is 31.7 Å². The molecular formula is C23H26Cl2N2O3S. The quantitative estimate of drug-likeness (QED) is 0.672. The Labute approximate surface area is 193 Å². The molecule has 2 aromatic rings. The van der Waals surface area contributed by atoms with Gasteiger partial charge in [-0.15, -0.1) is 0 Å². The molecule has 0 spiro atoms. The standard InChI is InChI=1S/C23H26Cl2N2O3S/c24-19-11-10-18(21(25)13-19)15-31(29,30)27-12-4-7-17(14-27)23(28)26-22-9-3-6-16-5-1-2-8-20(16)22/h1-2,5,8,10-11,13,17,22H,3-4,6-7,9,12,14-15H2,(H,26,28)/t17-,22-/m0/s1. The van der Waals surface area contributed by atoms with Crippen LogP contribution < -0.4 is 5.32 Å². The van der Waals surface area contributed by atoms with Gasteiger partial charge in [0.05, 0.1) is 17.7 Å². The van der Waals surface area contributed by atoms with Crippen LogP contribution >= 0.6 is 23.2 Å². The second-order valence-corrected chi connectivity index (χ2v) is 11.2. The van der Waals surface area contributed by atoms with Crippen LogP contribution in [0.3, 0.4) is 0 Å². The van der Waals surface area contributed by atoms with Crippen molar-refractivity contribution in [3.8, 4) is 0 Å². The summed E-state index contributed by atoms with van der Waals surface area (Å²) < 4.78 is 27.5. The molecule has 1 aliphatic heterocycles. The first-order valence-corrected chi connectivity index (χ1v) is 13.0. The monoisotopic (exact) mass is 480 g/mol. The van der Waals surface area contributed by atoms with Gasteiger partial charge in [-0.25, -0.2) is 12.7 Å². The molecule has 1 N–H and O–H groups in total. The van der Waals surface area contributed by atoms with Gasteiger partial charge in [0.25, 0.3) is 0 Å². The number of hydrogen-bond donors (Lipinski definition) is 1. The van der Waals surface area contributed by atoms with Crippen LogP contribution in [0, 0.1) is 5.92 Å². The third-order valence-electron chi connectivity index (χ3n) is 6.19. The van der Waals surface area contributed by atoms with Crippen molar-refractivity contribution in [1.82, 2.24) is 9.62 Å². The molecule has 0 saturated carbocycles. The lowest BCUT2D eigenvalue weighted by atomic mass is 9.87. The zero-order valence-electron chi connectivity index (χ0n) is 17.2. The van der Waals surface area contributed by atoms with Crippen LogP contribution in [0.25, 0.3) is 0 Å². The van der Waals surface area contributed by atoms with Crippen LogP contribution in [0.15, 0.2) is 42.5 Å². The molecule has 5 nitrogen and oxygen atoms in total. The maximum Gasteiger partial charge on any atom is 0.224 e. The number of amides is 1. The molecule has 1 amide bonds. The lowest BCUT2D eigenvalue weighted by molar-refractivity contribution is -0.127. The van der Waals surface area contributed by atoms with Crippen LogP contribution in [-0.2, 0) is 27.0 Å². The van der Waals surface area contributed by atoms with E-state index in [1.807, 2.05) is 12.1 Å². The van der Waals surface area contributed by atoms with Gasteiger partial charge in [0.1, 0.15) is 0 Å². The molecule has 4 rings (SSSR count). The van der Waals surface area contributed by atoms with Crippen molar-refractivity contribution in [3.05, 3.63) is 69.2 Å². The van der Waals surface area contributed by atoms with Gasteiger partial charge in [0.15, 0.2) is 0 Å². The van der Waals surface area contributed by atoms with E-state index in [0.717, 1.165) is 19.3 Å². The summed E-state index contributed by atoms with van der Waals surface area (Å²) in [5.41, 5.74) is 2.97. The molecule has 0 unspecified atom stereocenters. The van der Waals surface area contributed by atoms with E-state index in [1.165, 1.54) is 15.4 Å². The first-order valence-electron chi connectivity index (χ1n) is 10.6. The fraction of sp³-hybridized carbons (Fsp3) is 0.435. The molecule has 31 heavy (non-hydrogen) atoms. The number of aryl methyl sites for hydroxylation is 1. The van der Waals surface area contributed by atoms with Crippen molar-refractivity contribution in [2.75, 3.05) is 13.1 Å². The number of hydrogen-bond acceptors (Lipinski definition) is 3. The first kappa shape index (κ1) is 22.6. The van der Waals surface area contributed by atoms with Gasteiger partial charge >= 0.3 is 0 Å². The molecule has 1 fully saturated rings. The van der Waals surface area contributed by atoms with Gasteiger partial charge in [-0.05, 0) is 60.9 Å².